The van der Waals surface area contributed by atoms with Crippen LogP contribution in [0.2, 0.25) is 5.02 Å². The minimum atomic E-state index is -0.630. The topological polar surface area (TPSA) is 45.2 Å². The van der Waals surface area contributed by atoms with Gasteiger partial charge in [-0.1, -0.05) is 54.1 Å². The van der Waals surface area contributed by atoms with Gasteiger partial charge in [0, 0.05) is 37.6 Å². The summed E-state index contributed by atoms with van der Waals surface area (Å²) in [5.74, 6) is -1.51. The molecule has 0 aliphatic heterocycles. The zero-order chi connectivity index (χ0) is 29.9. The number of carbonyl (C=O) groups is 1. The molecule has 43 heavy (non-hydrogen) atoms. The van der Waals surface area contributed by atoms with Crippen LogP contribution < -0.4 is 5.32 Å². The molecule has 0 bridgehead atoms. The van der Waals surface area contributed by atoms with Crippen LogP contribution in [0.3, 0.4) is 0 Å². The summed E-state index contributed by atoms with van der Waals surface area (Å²) in [5.41, 5.74) is 5.39. The summed E-state index contributed by atoms with van der Waals surface area (Å²) in [5, 5.41) is 3.62. The number of hydrogen-bond donors (Lipinski definition) is 1. The van der Waals surface area contributed by atoms with Gasteiger partial charge in [0.2, 0.25) is 0 Å². The van der Waals surface area contributed by atoms with E-state index in [0.29, 0.717) is 12.6 Å². The van der Waals surface area contributed by atoms with Gasteiger partial charge in [0.15, 0.2) is 0 Å². The standard InChI is InChI=1S/C35H32ClF2N3OS/c1-22-7-8-25(24-15-17-39-18-16-24)19-26(22)21-41(28-11-9-27(10-12-28)40-20-23-5-3-2-4-6-23)35(42)34-32(36)31-29(37)13-14-30(38)33(31)43-34/h2-8,13-19,27-28,40H,9-12,20-21H2,1H3/t27-,28-. The van der Waals surface area contributed by atoms with Gasteiger partial charge in [0.25, 0.3) is 5.91 Å². The highest BCUT2D eigenvalue weighted by Gasteiger charge is 2.33. The summed E-state index contributed by atoms with van der Waals surface area (Å²) < 4.78 is 29.5. The molecule has 6 rings (SSSR count). The first-order valence-electron chi connectivity index (χ1n) is 14.5. The molecule has 2 aromatic heterocycles. The minimum Gasteiger partial charge on any atom is -0.331 e. The van der Waals surface area contributed by atoms with Gasteiger partial charge in [0.1, 0.15) is 16.5 Å². The molecule has 0 spiro atoms. The Balaban J connectivity index is 1.29. The molecule has 1 fully saturated rings. The van der Waals surface area contributed by atoms with Crippen LogP contribution in [0.5, 0.6) is 0 Å². The van der Waals surface area contributed by atoms with Crippen LogP contribution in [0.4, 0.5) is 8.78 Å². The van der Waals surface area contributed by atoms with Crippen LogP contribution in [0.15, 0.2) is 85.2 Å². The number of halogens is 3. The molecule has 1 aliphatic carbocycles. The van der Waals surface area contributed by atoms with Crippen LogP contribution in [-0.4, -0.2) is 27.9 Å². The van der Waals surface area contributed by atoms with E-state index in [1.54, 1.807) is 12.4 Å². The molecule has 1 N–H and O–H groups in total. The molecule has 2 heterocycles. The number of benzene rings is 3. The number of amides is 1. The molecule has 8 heteroatoms. The third-order valence-electron chi connectivity index (χ3n) is 8.42. The lowest BCUT2D eigenvalue weighted by molar-refractivity contribution is 0.0604. The van der Waals surface area contributed by atoms with Gasteiger partial charge in [-0.15, -0.1) is 11.3 Å². The van der Waals surface area contributed by atoms with Gasteiger partial charge in [-0.05, 0) is 90.8 Å². The molecule has 3 aromatic carbocycles. The second-order valence-electron chi connectivity index (χ2n) is 11.2. The average molecular weight is 616 g/mol. The van der Waals surface area contributed by atoms with E-state index in [2.05, 4.69) is 40.6 Å². The van der Waals surface area contributed by atoms with E-state index in [9.17, 15) is 13.6 Å². The molecule has 5 aromatic rings. The van der Waals surface area contributed by atoms with Crippen molar-refractivity contribution in [2.45, 2.75) is 57.8 Å². The molecule has 1 saturated carbocycles. The number of fused-ring (bicyclic) bond motifs is 1. The number of thiophene rings is 1. The van der Waals surface area contributed by atoms with E-state index >= 15 is 0 Å². The molecule has 220 valence electrons. The van der Waals surface area contributed by atoms with Crippen LogP contribution in [0.1, 0.15) is 52.0 Å². The SMILES string of the molecule is Cc1ccc(-c2ccncc2)cc1CN(C(=O)c1sc2c(F)ccc(F)c2c1Cl)[C@H]1CC[C@H](NCc2ccccc2)CC1. The van der Waals surface area contributed by atoms with Crippen LogP contribution >= 0.6 is 22.9 Å². The Bertz CT molecular complexity index is 1740. The second kappa shape index (κ2) is 12.9. The molecule has 0 unspecified atom stereocenters. The Kier molecular flexibility index (Phi) is 8.84. The lowest BCUT2D eigenvalue weighted by atomic mass is 9.89. The zero-order valence-corrected chi connectivity index (χ0v) is 25.4. The maximum absolute atomic E-state index is 14.7. The molecule has 0 radical (unpaired) electrons. The number of pyridine rings is 1. The number of rotatable bonds is 8. The van der Waals surface area contributed by atoms with E-state index in [4.69, 9.17) is 11.6 Å². The van der Waals surface area contributed by atoms with Crippen molar-refractivity contribution in [3.8, 4) is 11.1 Å². The first-order valence-corrected chi connectivity index (χ1v) is 15.7. The van der Waals surface area contributed by atoms with Crippen LogP contribution in [0.25, 0.3) is 21.2 Å². The van der Waals surface area contributed by atoms with Gasteiger partial charge >= 0.3 is 0 Å². The fourth-order valence-corrected chi connectivity index (χ4v) is 7.44. The Hall–Kier alpha value is -3.65. The summed E-state index contributed by atoms with van der Waals surface area (Å²) >= 11 is 7.54. The third-order valence-corrected chi connectivity index (χ3v) is 10.1. The molecular formula is C35H32ClF2N3OS. The predicted molar refractivity (Wildman–Crippen MR) is 170 cm³/mol. The van der Waals surface area contributed by atoms with E-state index in [-0.39, 0.29) is 31.9 Å². The quantitative estimate of drug-likeness (QED) is 0.189. The maximum Gasteiger partial charge on any atom is 0.266 e. The molecule has 0 atom stereocenters. The molecular weight excluding hydrogens is 584 g/mol. The van der Waals surface area contributed by atoms with Crippen molar-refractivity contribution in [1.29, 1.82) is 0 Å². The number of hydrogen-bond acceptors (Lipinski definition) is 4. The summed E-state index contributed by atoms with van der Waals surface area (Å²) in [6.45, 7) is 3.20. The van der Waals surface area contributed by atoms with E-state index in [1.807, 2.05) is 42.2 Å². The summed E-state index contributed by atoms with van der Waals surface area (Å²) in [6.07, 6.45) is 6.98. The minimum absolute atomic E-state index is 0.0209. The van der Waals surface area contributed by atoms with Crippen molar-refractivity contribution < 1.29 is 13.6 Å². The van der Waals surface area contributed by atoms with Gasteiger partial charge < -0.3 is 10.2 Å². The van der Waals surface area contributed by atoms with Crippen molar-refractivity contribution in [3.63, 3.8) is 0 Å². The van der Waals surface area contributed by atoms with Crippen molar-refractivity contribution in [2.75, 3.05) is 0 Å². The van der Waals surface area contributed by atoms with Crippen molar-refractivity contribution in [2.24, 2.45) is 0 Å². The highest BCUT2D eigenvalue weighted by molar-refractivity contribution is 7.21. The fourth-order valence-electron chi connectivity index (χ4n) is 5.93. The molecule has 1 amide bonds. The average Bonchev–Trinajstić information content (AvgIpc) is 3.40. The van der Waals surface area contributed by atoms with Crippen molar-refractivity contribution in [1.82, 2.24) is 15.2 Å². The van der Waals surface area contributed by atoms with E-state index in [1.165, 1.54) is 5.56 Å². The van der Waals surface area contributed by atoms with Gasteiger partial charge in [-0.25, -0.2) is 8.78 Å². The van der Waals surface area contributed by atoms with Crippen molar-refractivity contribution >= 4 is 38.9 Å². The Labute approximate surface area is 259 Å². The highest BCUT2D eigenvalue weighted by atomic mass is 35.5. The number of nitrogens with zero attached hydrogens (tertiary/aromatic N) is 2. The molecule has 4 nitrogen and oxygen atoms in total. The number of aromatic nitrogens is 1. The third kappa shape index (κ3) is 6.35. The largest absolute Gasteiger partial charge is 0.331 e. The van der Waals surface area contributed by atoms with Gasteiger partial charge in [-0.3, -0.25) is 9.78 Å². The van der Waals surface area contributed by atoms with Gasteiger partial charge in [-0.2, -0.15) is 0 Å². The van der Waals surface area contributed by atoms with Crippen molar-refractivity contribution in [3.05, 3.63) is 123 Å². The number of aryl methyl sites for hydroxylation is 1. The first-order chi connectivity index (χ1) is 20.9. The van der Waals surface area contributed by atoms with Crippen LogP contribution in [-0.2, 0) is 13.1 Å². The fraction of sp³-hybridized carbons (Fsp3) is 0.257. The highest BCUT2D eigenvalue weighted by Crippen LogP contribution is 2.40. The molecule has 1 aliphatic rings. The Morgan fingerprint density at radius 3 is 2.40 bits per heavy atom. The zero-order valence-electron chi connectivity index (χ0n) is 23.8. The normalized spacial score (nSPS) is 16.8. The molecule has 0 saturated heterocycles. The summed E-state index contributed by atoms with van der Waals surface area (Å²) in [4.78, 5) is 20.5. The second-order valence-corrected chi connectivity index (χ2v) is 12.6. The number of carbonyl (C=O) groups excluding carboxylic acids is 1. The predicted octanol–water partition coefficient (Wildman–Crippen LogP) is 8.95. The summed E-state index contributed by atoms with van der Waals surface area (Å²) in [6, 6.07) is 22.9. The Morgan fingerprint density at radius 1 is 0.953 bits per heavy atom. The summed E-state index contributed by atoms with van der Waals surface area (Å²) in [7, 11) is 0. The van der Waals surface area contributed by atoms with Crippen LogP contribution in [0, 0.1) is 18.6 Å². The van der Waals surface area contributed by atoms with E-state index in [0.717, 1.165) is 78.0 Å². The first kappa shape index (κ1) is 29.4. The van der Waals surface area contributed by atoms with Gasteiger partial charge in [0.05, 0.1) is 15.1 Å². The monoisotopic (exact) mass is 615 g/mol. The lowest BCUT2D eigenvalue weighted by Gasteiger charge is -2.37. The lowest BCUT2D eigenvalue weighted by Crippen LogP contribution is -2.44. The number of nitrogens with one attached hydrogen (secondary N) is 1. The maximum atomic E-state index is 14.7. The Morgan fingerprint density at radius 2 is 1.67 bits per heavy atom. The van der Waals surface area contributed by atoms with E-state index < -0.39 is 11.6 Å². The smallest absolute Gasteiger partial charge is 0.266 e.